The van der Waals surface area contributed by atoms with Gasteiger partial charge in [0.15, 0.2) is 0 Å². The zero-order valence-corrected chi connectivity index (χ0v) is 7.22. The van der Waals surface area contributed by atoms with E-state index in [9.17, 15) is 0 Å². The van der Waals surface area contributed by atoms with Crippen LogP contribution in [0.5, 0.6) is 0 Å². The monoisotopic (exact) mass is 154 g/mol. The van der Waals surface area contributed by atoms with Crippen molar-refractivity contribution in [2.24, 2.45) is 0 Å². The lowest BCUT2D eigenvalue weighted by atomic mass is 10.1. The van der Waals surface area contributed by atoms with Crippen molar-refractivity contribution in [3.8, 4) is 0 Å². The van der Waals surface area contributed by atoms with Gasteiger partial charge in [0, 0.05) is 0 Å². The summed E-state index contributed by atoms with van der Waals surface area (Å²) < 4.78 is 5.28. The molecule has 0 saturated carbocycles. The lowest BCUT2D eigenvalue weighted by Gasteiger charge is -1.98. The van der Waals surface area contributed by atoms with Crippen LogP contribution >= 0.6 is 0 Å². The Balaban J connectivity index is 2.11. The molecule has 0 unspecified atom stereocenters. The van der Waals surface area contributed by atoms with Gasteiger partial charge in [-0.25, -0.2) is 0 Å². The number of hydrogen-bond acceptors (Lipinski definition) is 1. The molecule has 0 radical (unpaired) electrons. The van der Waals surface area contributed by atoms with Crippen molar-refractivity contribution >= 4 is 0 Å². The normalized spacial score (nSPS) is 24.7. The highest BCUT2D eigenvalue weighted by Gasteiger charge is 1.92. The predicted molar refractivity (Wildman–Crippen MR) is 47.4 cm³/mol. The molecule has 0 aromatic heterocycles. The summed E-state index contributed by atoms with van der Waals surface area (Å²) in [5, 5.41) is 0. The summed E-state index contributed by atoms with van der Waals surface area (Å²) in [7, 11) is 0. The van der Waals surface area contributed by atoms with E-state index in [2.05, 4.69) is 6.08 Å². The summed E-state index contributed by atoms with van der Waals surface area (Å²) in [6.45, 7) is 0.913. The van der Waals surface area contributed by atoms with E-state index in [0.29, 0.717) is 0 Å². The highest BCUT2D eigenvalue weighted by Crippen LogP contribution is 2.08. The molecule has 1 aliphatic heterocycles. The zero-order chi connectivity index (χ0) is 7.78. The Morgan fingerprint density at radius 1 is 0.818 bits per heavy atom. The van der Waals surface area contributed by atoms with Gasteiger partial charge in [-0.2, -0.15) is 0 Å². The van der Waals surface area contributed by atoms with Crippen LogP contribution in [0, 0.1) is 0 Å². The molecule has 0 aliphatic carbocycles. The molecule has 1 heterocycles. The summed E-state index contributed by atoms with van der Waals surface area (Å²) >= 11 is 0. The molecule has 1 nitrogen and oxygen atoms in total. The smallest absolute Gasteiger partial charge is 0.0873 e. The van der Waals surface area contributed by atoms with Crippen molar-refractivity contribution in [3.63, 3.8) is 0 Å². The molecule has 0 bridgehead atoms. The highest BCUT2D eigenvalue weighted by atomic mass is 16.5. The molecular weight excluding hydrogens is 136 g/mol. The van der Waals surface area contributed by atoms with Crippen molar-refractivity contribution in [1.82, 2.24) is 0 Å². The van der Waals surface area contributed by atoms with E-state index in [-0.39, 0.29) is 0 Å². The largest absolute Gasteiger partial charge is 0.502 e. The van der Waals surface area contributed by atoms with Gasteiger partial charge in [-0.1, -0.05) is 25.7 Å². The minimum Gasteiger partial charge on any atom is -0.502 e. The molecule has 0 N–H and O–H groups in total. The van der Waals surface area contributed by atoms with E-state index in [0.717, 1.165) is 6.61 Å². The number of rotatable bonds is 0. The maximum Gasteiger partial charge on any atom is 0.0873 e. The quantitative estimate of drug-likeness (QED) is 0.520. The molecule has 0 fully saturated rings. The van der Waals surface area contributed by atoms with Gasteiger partial charge in [0.1, 0.15) is 0 Å². The van der Waals surface area contributed by atoms with E-state index in [4.69, 9.17) is 4.74 Å². The molecule has 0 amide bonds. The average Bonchev–Trinajstić information content (AvgIpc) is 2.08. The Labute approximate surface area is 69.4 Å². The first kappa shape index (κ1) is 8.63. The predicted octanol–water partition coefficient (Wildman–Crippen LogP) is 3.26. The van der Waals surface area contributed by atoms with E-state index >= 15 is 0 Å². The fourth-order valence-corrected chi connectivity index (χ4v) is 1.36. The minimum atomic E-state index is 0.913. The number of hydrogen-bond donors (Lipinski definition) is 0. The molecule has 11 heavy (non-hydrogen) atoms. The second-order valence-corrected chi connectivity index (χ2v) is 3.15. The van der Waals surface area contributed by atoms with E-state index in [1.807, 2.05) is 6.26 Å². The van der Waals surface area contributed by atoms with E-state index < -0.39 is 0 Å². The third-order valence-corrected chi connectivity index (χ3v) is 2.08. The van der Waals surface area contributed by atoms with E-state index in [1.165, 1.54) is 44.9 Å². The van der Waals surface area contributed by atoms with Crippen LogP contribution in [0.25, 0.3) is 0 Å². The van der Waals surface area contributed by atoms with Crippen molar-refractivity contribution < 1.29 is 4.74 Å². The Bertz CT molecular complexity index is 95.4. The molecule has 0 aromatic rings. The highest BCUT2D eigenvalue weighted by molar-refractivity contribution is 4.73. The van der Waals surface area contributed by atoms with E-state index in [1.54, 1.807) is 0 Å². The first-order chi connectivity index (χ1) is 5.50. The van der Waals surface area contributed by atoms with Gasteiger partial charge in [0.25, 0.3) is 0 Å². The summed E-state index contributed by atoms with van der Waals surface area (Å²) in [6, 6.07) is 0. The topological polar surface area (TPSA) is 9.23 Å². The lowest BCUT2D eigenvalue weighted by molar-refractivity contribution is 0.240. The van der Waals surface area contributed by atoms with Crippen molar-refractivity contribution in [1.29, 1.82) is 0 Å². The minimum absolute atomic E-state index is 0.913. The molecule has 0 aromatic carbocycles. The van der Waals surface area contributed by atoms with Gasteiger partial charge in [-0.05, 0) is 25.3 Å². The summed E-state index contributed by atoms with van der Waals surface area (Å²) in [6.07, 6.45) is 13.3. The fourth-order valence-electron chi connectivity index (χ4n) is 1.36. The molecule has 1 aliphatic rings. The first-order valence-corrected chi connectivity index (χ1v) is 4.77. The van der Waals surface area contributed by atoms with Gasteiger partial charge in [-0.3, -0.25) is 0 Å². The molecular formula is C10H18O. The van der Waals surface area contributed by atoms with Gasteiger partial charge < -0.3 is 4.74 Å². The van der Waals surface area contributed by atoms with Crippen LogP contribution in [0.15, 0.2) is 12.3 Å². The molecule has 0 spiro atoms. The summed E-state index contributed by atoms with van der Waals surface area (Å²) in [5.41, 5.74) is 0. The molecule has 64 valence electrons. The van der Waals surface area contributed by atoms with Gasteiger partial charge >= 0.3 is 0 Å². The Kier molecular flexibility index (Phi) is 4.92. The van der Waals surface area contributed by atoms with Gasteiger partial charge in [0.2, 0.25) is 0 Å². The van der Waals surface area contributed by atoms with Crippen molar-refractivity contribution in [3.05, 3.63) is 12.3 Å². The lowest BCUT2D eigenvalue weighted by Crippen LogP contribution is -1.86. The summed E-state index contributed by atoms with van der Waals surface area (Å²) in [5.74, 6) is 0. The number of allylic oxidation sites excluding steroid dienone is 1. The van der Waals surface area contributed by atoms with Crippen LogP contribution in [0.3, 0.4) is 0 Å². The Morgan fingerprint density at radius 3 is 2.45 bits per heavy atom. The fraction of sp³-hybridized carbons (Fsp3) is 0.800. The van der Waals surface area contributed by atoms with Crippen LogP contribution in [0.2, 0.25) is 0 Å². The van der Waals surface area contributed by atoms with Gasteiger partial charge in [0.05, 0.1) is 12.9 Å². The molecule has 0 atom stereocenters. The second-order valence-electron chi connectivity index (χ2n) is 3.15. The van der Waals surface area contributed by atoms with Crippen LogP contribution in [0.1, 0.15) is 44.9 Å². The third kappa shape index (κ3) is 4.88. The maximum absolute atomic E-state index is 5.28. The number of ether oxygens (including phenoxy) is 1. The first-order valence-electron chi connectivity index (χ1n) is 4.77. The third-order valence-electron chi connectivity index (χ3n) is 2.08. The Hall–Kier alpha value is -0.460. The average molecular weight is 154 g/mol. The summed E-state index contributed by atoms with van der Waals surface area (Å²) in [4.78, 5) is 0. The SMILES string of the molecule is C1=C\OCCCCCCCC/1. The van der Waals surface area contributed by atoms with Crippen LogP contribution in [0.4, 0.5) is 0 Å². The van der Waals surface area contributed by atoms with Crippen LogP contribution < -0.4 is 0 Å². The van der Waals surface area contributed by atoms with Crippen molar-refractivity contribution in [2.75, 3.05) is 6.61 Å². The van der Waals surface area contributed by atoms with Gasteiger partial charge in [-0.15, -0.1) is 0 Å². The van der Waals surface area contributed by atoms with Crippen LogP contribution in [-0.4, -0.2) is 6.61 Å². The van der Waals surface area contributed by atoms with Crippen LogP contribution in [-0.2, 0) is 4.74 Å². The second kappa shape index (κ2) is 6.26. The molecule has 1 rings (SSSR count). The Morgan fingerprint density at radius 2 is 1.55 bits per heavy atom. The zero-order valence-electron chi connectivity index (χ0n) is 7.22. The standard InChI is InChI=1S/C10H18O/c1-2-4-6-8-10-11-9-7-5-3-1/h7,9H,1-6,8,10H2/b9-7-. The maximum atomic E-state index is 5.28. The van der Waals surface area contributed by atoms with Crippen molar-refractivity contribution in [2.45, 2.75) is 44.9 Å². The molecule has 0 saturated heterocycles. The molecule has 1 heteroatoms.